The average molecular weight is 239 g/mol. The monoisotopic (exact) mass is 239 g/mol. The summed E-state index contributed by atoms with van der Waals surface area (Å²) in [4.78, 5) is 2.46. The van der Waals surface area contributed by atoms with Gasteiger partial charge in [-0.25, -0.2) is 0 Å². The van der Waals surface area contributed by atoms with Crippen molar-refractivity contribution in [3.05, 3.63) is 0 Å². The Kier molecular flexibility index (Phi) is 4.87. The third-order valence-corrected chi connectivity index (χ3v) is 4.78. The van der Waals surface area contributed by atoms with Crippen LogP contribution in [0.3, 0.4) is 0 Å². The zero-order valence-electron chi connectivity index (χ0n) is 11.5. The second-order valence-corrected chi connectivity index (χ2v) is 6.35. The molecule has 0 unspecified atom stereocenters. The molecule has 2 aliphatic rings. The van der Waals surface area contributed by atoms with E-state index in [1.165, 1.54) is 57.8 Å². The Morgan fingerprint density at radius 3 is 2.06 bits per heavy atom. The normalized spacial score (nSPS) is 27.0. The summed E-state index contributed by atoms with van der Waals surface area (Å²) in [5.74, 6) is 0. The molecule has 0 spiro atoms. The van der Waals surface area contributed by atoms with Crippen molar-refractivity contribution in [3.63, 3.8) is 0 Å². The van der Waals surface area contributed by atoms with Gasteiger partial charge in [0.25, 0.3) is 0 Å². The Labute approximate surface area is 106 Å². The first-order valence-electron chi connectivity index (χ1n) is 7.62. The van der Waals surface area contributed by atoms with Gasteiger partial charge in [0.05, 0.1) is 5.60 Å². The SMILES string of the molecule is CN(CC1(O)CCCCC1)C1CCCCCC1. The number of likely N-dealkylation sites (N-methyl/N-ethyl adjacent to an activating group) is 1. The van der Waals surface area contributed by atoms with E-state index in [1.807, 2.05) is 0 Å². The minimum Gasteiger partial charge on any atom is -0.389 e. The standard InChI is InChI=1S/C15H29NO/c1-16(14-9-5-2-3-6-10-14)13-15(17)11-7-4-8-12-15/h14,17H,2-13H2,1H3. The largest absolute Gasteiger partial charge is 0.389 e. The summed E-state index contributed by atoms with van der Waals surface area (Å²) in [5.41, 5.74) is -0.376. The smallest absolute Gasteiger partial charge is 0.0774 e. The topological polar surface area (TPSA) is 23.5 Å². The predicted molar refractivity (Wildman–Crippen MR) is 72.2 cm³/mol. The van der Waals surface area contributed by atoms with Crippen molar-refractivity contribution in [2.24, 2.45) is 0 Å². The predicted octanol–water partition coefficient (Wildman–Crippen LogP) is 3.34. The number of nitrogens with zero attached hydrogens (tertiary/aromatic N) is 1. The molecule has 0 aromatic heterocycles. The molecule has 0 heterocycles. The van der Waals surface area contributed by atoms with Crippen LogP contribution in [-0.2, 0) is 0 Å². The van der Waals surface area contributed by atoms with E-state index in [9.17, 15) is 5.11 Å². The Bertz CT molecular complexity index is 215. The van der Waals surface area contributed by atoms with Crippen LogP contribution in [0.5, 0.6) is 0 Å². The third-order valence-electron chi connectivity index (χ3n) is 4.78. The lowest BCUT2D eigenvalue weighted by atomic mass is 9.84. The zero-order valence-corrected chi connectivity index (χ0v) is 11.5. The number of hydrogen-bond donors (Lipinski definition) is 1. The zero-order chi connectivity index (χ0) is 12.1. The van der Waals surface area contributed by atoms with Gasteiger partial charge in [0, 0.05) is 12.6 Å². The van der Waals surface area contributed by atoms with E-state index < -0.39 is 0 Å². The fourth-order valence-electron chi connectivity index (χ4n) is 3.66. The third kappa shape index (κ3) is 3.96. The molecule has 0 aromatic carbocycles. The molecule has 0 amide bonds. The molecule has 2 saturated carbocycles. The maximum absolute atomic E-state index is 10.6. The van der Waals surface area contributed by atoms with Gasteiger partial charge < -0.3 is 10.0 Å². The van der Waals surface area contributed by atoms with Gasteiger partial charge in [0.2, 0.25) is 0 Å². The van der Waals surface area contributed by atoms with Crippen LogP contribution in [-0.4, -0.2) is 35.2 Å². The molecule has 0 atom stereocenters. The van der Waals surface area contributed by atoms with Crippen molar-refractivity contribution < 1.29 is 5.11 Å². The van der Waals surface area contributed by atoms with E-state index >= 15 is 0 Å². The highest BCUT2D eigenvalue weighted by molar-refractivity contribution is 4.87. The van der Waals surface area contributed by atoms with E-state index in [0.717, 1.165) is 25.4 Å². The fraction of sp³-hybridized carbons (Fsp3) is 1.00. The van der Waals surface area contributed by atoms with Gasteiger partial charge in [0.1, 0.15) is 0 Å². The molecule has 0 aliphatic heterocycles. The Hall–Kier alpha value is -0.0800. The van der Waals surface area contributed by atoms with Crippen LogP contribution >= 0.6 is 0 Å². The highest BCUT2D eigenvalue weighted by atomic mass is 16.3. The second-order valence-electron chi connectivity index (χ2n) is 6.35. The summed E-state index contributed by atoms with van der Waals surface area (Å²) in [5, 5.41) is 10.6. The van der Waals surface area contributed by atoms with Gasteiger partial charge in [-0.1, -0.05) is 44.9 Å². The molecule has 2 rings (SSSR count). The molecular formula is C15H29NO. The van der Waals surface area contributed by atoms with Crippen molar-refractivity contribution in [2.75, 3.05) is 13.6 Å². The van der Waals surface area contributed by atoms with Crippen LogP contribution in [0, 0.1) is 0 Å². The van der Waals surface area contributed by atoms with Crippen molar-refractivity contribution in [3.8, 4) is 0 Å². The first-order valence-corrected chi connectivity index (χ1v) is 7.62. The molecule has 2 aliphatic carbocycles. The first kappa shape index (κ1) is 13.4. The Balaban J connectivity index is 1.83. The van der Waals surface area contributed by atoms with Crippen molar-refractivity contribution >= 4 is 0 Å². The summed E-state index contributed by atoms with van der Waals surface area (Å²) in [6.45, 7) is 0.900. The van der Waals surface area contributed by atoms with Gasteiger partial charge in [-0.3, -0.25) is 0 Å². The molecule has 2 nitrogen and oxygen atoms in total. The molecule has 2 heteroatoms. The van der Waals surface area contributed by atoms with Crippen LogP contribution in [0.25, 0.3) is 0 Å². The van der Waals surface area contributed by atoms with Crippen LogP contribution in [0.1, 0.15) is 70.6 Å². The molecule has 2 fully saturated rings. The van der Waals surface area contributed by atoms with Crippen LogP contribution in [0.15, 0.2) is 0 Å². The van der Waals surface area contributed by atoms with E-state index in [0.29, 0.717) is 0 Å². The molecule has 0 aromatic rings. The first-order chi connectivity index (χ1) is 8.20. The maximum atomic E-state index is 10.6. The lowest BCUT2D eigenvalue weighted by Gasteiger charge is -2.38. The molecule has 0 saturated heterocycles. The molecular weight excluding hydrogens is 210 g/mol. The average Bonchev–Trinajstić information content (AvgIpc) is 2.57. The molecule has 0 bridgehead atoms. The summed E-state index contributed by atoms with van der Waals surface area (Å²) >= 11 is 0. The Morgan fingerprint density at radius 2 is 1.47 bits per heavy atom. The lowest BCUT2D eigenvalue weighted by Crippen LogP contribution is -2.46. The van der Waals surface area contributed by atoms with Gasteiger partial charge in [-0.05, 0) is 32.7 Å². The second kappa shape index (κ2) is 6.19. The Morgan fingerprint density at radius 1 is 0.941 bits per heavy atom. The fourth-order valence-corrected chi connectivity index (χ4v) is 3.66. The summed E-state index contributed by atoms with van der Waals surface area (Å²) < 4.78 is 0. The van der Waals surface area contributed by atoms with E-state index in [-0.39, 0.29) is 5.60 Å². The van der Waals surface area contributed by atoms with E-state index in [2.05, 4.69) is 11.9 Å². The molecule has 0 radical (unpaired) electrons. The maximum Gasteiger partial charge on any atom is 0.0774 e. The van der Waals surface area contributed by atoms with Crippen LogP contribution < -0.4 is 0 Å². The van der Waals surface area contributed by atoms with Crippen molar-refractivity contribution in [1.82, 2.24) is 4.90 Å². The summed E-state index contributed by atoms with van der Waals surface area (Å²) in [6.07, 6.45) is 14.1. The van der Waals surface area contributed by atoms with Gasteiger partial charge >= 0.3 is 0 Å². The van der Waals surface area contributed by atoms with E-state index in [4.69, 9.17) is 0 Å². The van der Waals surface area contributed by atoms with Crippen LogP contribution in [0.2, 0.25) is 0 Å². The minimum atomic E-state index is -0.376. The number of hydrogen-bond acceptors (Lipinski definition) is 2. The number of rotatable bonds is 3. The molecule has 1 N–H and O–H groups in total. The lowest BCUT2D eigenvalue weighted by molar-refractivity contribution is -0.0304. The number of aliphatic hydroxyl groups is 1. The highest BCUT2D eigenvalue weighted by Gasteiger charge is 2.32. The van der Waals surface area contributed by atoms with E-state index in [1.54, 1.807) is 0 Å². The van der Waals surface area contributed by atoms with Crippen LogP contribution in [0.4, 0.5) is 0 Å². The van der Waals surface area contributed by atoms with Gasteiger partial charge in [-0.15, -0.1) is 0 Å². The minimum absolute atomic E-state index is 0.376. The van der Waals surface area contributed by atoms with Crippen molar-refractivity contribution in [1.29, 1.82) is 0 Å². The van der Waals surface area contributed by atoms with Gasteiger partial charge in [0.15, 0.2) is 0 Å². The summed E-state index contributed by atoms with van der Waals surface area (Å²) in [7, 11) is 2.22. The highest BCUT2D eigenvalue weighted by Crippen LogP contribution is 2.30. The van der Waals surface area contributed by atoms with Gasteiger partial charge in [-0.2, -0.15) is 0 Å². The quantitative estimate of drug-likeness (QED) is 0.764. The molecule has 100 valence electrons. The molecule has 17 heavy (non-hydrogen) atoms. The van der Waals surface area contributed by atoms with Crippen molar-refractivity contribution in [2.45, 2.75) is 82.3 Å². The summed E-state index contributed by atoms with van der Waals surface area (Å²) in [6, 6.07) is 0.725.